The van der Waals surface area contributed by atoms with Crippen molar-refractivity contribution in [3.8, 4) is 0 Å². The van der Waals surface area contributed by atoms with Crippen LogP contribution in [-0.4, -0.2) is 35.8 Å². The fourth-order valence-corrected chi connectivity index (χ4v) is 3.35. The van der Waals surface area contributed by atoms with Gasteiger partial charge in [-0.1, -0.05) is 0 Å². The molecular weight excluding hydrogens is 272 g/mol. The topological polar surface area (TPSA) is 101 Å². The molecule has 4 N–H and O–H groups in total. The molecule has 7 nitrogen and oxygen atoms in total. The molecule has 0 spiro atoms. The first-order valence-electron chi connectivity index (χ1n) is 7.22. The number of nitrogens with zero attached hydrogens (tertiary/aromatic N) is 1. The minimum Gasteiger partial charge on any atom is -0.454 e. The van der Waals surface area contributed by atoms with Crippen molar-refractivity contribution in [2.45, 2.75) is 32.4 Å². The Bertz CT molecular complexity index is 569. The summed E-state index contributed by atoms with van der Waals surface area (Å²) in [6, 6.07) is 2.08. The molecular formula is C14H20N4O3. The highest BCUT2D eigenvalue weighted by Gasteiger charge is 2.40. The first-order chi connectivity index (χ1) is 10.1. The van der Waals surface area contributed by atoms with Gasteiger partial charge in [0.05, 0.1) is 12.5 Å². The van der Waals surface area contributed by atoms with Gasteiger partial charge >= 0.3 is 5.91 Å². The van der Waals surface area contributed by atoms with Crippen LogP contribution in [0.25, 0.3) is 0 Å². The average Bonchev–Trinajstić information content (AvgIpc) is 3.03. The molecule has 0 saturated carbocycles. The predicted octanol–water partition coefficient (Wildman–Crippen LogP) is -0.0981. The summed E-state index contributed by atoms with van der Waals surface area (Å²) in [6.45, 7) is 4.06. The molecule has 2 atom stereocenters. The quantitative estimate of drug-likeness (QED) is 0.410. The third kappa shape index (κ3) is 2.54. The van der Waals surface area contributed by atoms with E-state index in [1.807, 2.05) is 13.0 Å². The van der Waals surface area contributed by atoms with Crippen molar-refractivity contribution < 1.29 is 14.0 Å². The molecule has 7 heteroatoms. The summed E-state index contributed by atoms with van der Waals surface area (Å²) in [5.74, 6) is 5.93. The van der Waals surface area contributed by atoms with Crippen LogP contribution in [0.3, 0.4) is 0 Å². The summed E-state index contributed by atoms with van der Waals surface area (Å²) in [6.07, 6.45) is 1.95. The Balaban J connectivity index is 1.74. The highest BCUT2D eigenvalue weighted by molar-refractivity contribution is 5.92. The van der Waals surface area contributed by atoms with Gasteiger partial charge in [-0.25, -0.2) is 5.84 Å². The minimum absolute atomic E-state index is 0.0848. The lowest BCUT2D eigenvalue weighted by Gasteiger charge is -2.35. The minimum atomic E-state index is -0.423. The lowest BCUT2D eigenvalue weighted by molar-refractivity contribution is -0.124. The molecule has 0 aromatic carbocycles. The average molecular weight is 292 g/mol. The largest absolute Gasteiger partial charge is 0.454 e. The molecule has 3 heterocycles. The van der Waals surface area contributed by atoms with Crippen LogP contribution >= 0.6 is 0 Å². The Hall–Kier alpha value is -1.86. The molecule has 2 aliphatic heterocycles. The van der Waals surface area contributed by atoms with Gasteiger partial charge in [-0.15, -0.1) is 0 Å². The second kappa shape index (κ2) is 5.50. The van der Waals surface area contributed by atoms with Gasteiger partial charge in [-0.2, -0.15) is 0 Å². The number of rotatable bonds is 3. The summed E-state index contributed by atoms with van der Waals surface area (Å²) in [4.78, 5) is 25.6. The zero-order chi connectivity index (χ0) is 15.0. The van der Waals surface area contributed by atoms with Crippen LogP contribution < -0.4 is 16.6 Å². The zero-order valence-corrected chi connectivity index (χ0v) is 12.0. The van der Waals surface area contributed by atoms with Crippen LogP contribution in [0.15, 0.2) is 10.5 Å². The number of nitrogens with two attached hydrogens (primary N) is 1. The number of amides is 2. The van der Waals surface area contributed by atoms with Crippen LogP contribution in [0, 0.1) is 12.8 Å². The van der Waals surface area contributed by atoms with Gasteiger partial charge in [0.15, 0.2) is 5.76 Å². The molecule has 21 heavy (non-hydrogen) atoms. The van der Waals surface area contributed by atoms with E-state index in [4.69, 9.17) is 10.3 Å². The molecule has 0 aliphatic carbocycles. The number of fused-ring (bicyclic) bond motifs is 1. The maximum absolute atomic E-state index is 11.8. The van der Waals surface area contributed by atoms with Gasteiger partial charge < -0.3 is 9.73 Å². The maximum atomic E-state index is 11.8. The molecule has 0 bridgehead atoms. The fraction of sp³-hybridized carbons (Fsp3) is 0.571. The Labute approximate surface area is 122 Å². The number of nitrogens with one attached hydrogen (secondary N) is 2. The summed E-state index contributed by atoms with van der Waals surface area (Å²) in [5.41, 5.74) is 2.85. The molecule has 0 radical (unpaired) electrons. The van der Waals surface area contributed by atoms with Crippen molar-refractivity contribution in [3.63, 3.8) is 0 Å². The number of nitrogen functional groups attached to an aromatic ring is 1. The third-order valence-corrected chi connectivity index (χ3v) is 4.38. The van der Waals surface area contributed by atoms with E-state index in [0.29, 0.717) is 13.1 Å². The van der Waals surface area contributed by atoms with Gasteiger partial charge in [0.25, 0.3) is 0 Å². The van der Waals surface area contributed by atoms with Gasteiger partial charge in [0, 0.05) is 18.2 Å². The van der Waals surface area contributed by atoms with E-state index < -0.39 is 5.91 Å². The first kappa shape index (κ1) is 14.1. The Morgan fingerprint density at radius 1 is 1.62 bits per heavy atom. The van der Waals surface area contributed by atoms with E-state index in [2.05, 4.69) is 15.6 Å². The fourth-order valence-electron chi connectivity index (χ4n) is 3.35. The van der Waals surface area contributed by atoms with Crippen molar-refractivity contribution in [2.24, 2.45) is 11.8 Å². The summed E-state index contributed by atoms with van der Waals surface area (Å²) < 4.78 is 5.61. The second-order valence-electron chi connectivity index (χ2n) is 5.73. The van der Waals surface area contributed by atoms with Gasteiger partial charge in [0.1, 0.15) is 5.76 Å². The van der Waals surface area contributed by atoms with E-state index in [9.17, 15) is 9.59 Å². The SMILES string of the molecule is Cc1cc(CN2CCCC3C(=O)NCC32)oc1C(=O)NN. The lowest BCUT2D eigenvalue weighted by atomic mass is 9.91. The summed E-state index contributed by atoms with van der Waals surface area (Å²) in [5, 5.41) is 2.93. The van der Waals surface area contributed by atoms with Gasteiger partial charge in [-0.3, -0.25) is 19.9 Å². The molecule has 1 aromatic rings. The number of hydrogen-bond donors (Lipinski definition) is 3. The number of likely N-dealkylation sites (tertiary alicyclic amines) is 1. The predicted molar refractivity (Wildman–Crippen MR) is 75.0 cm³/mol. The van der Waals surface area contributed by atoms with Gasteiger partial charge in [-0.05, 0) is 32.4 Å². The van der Waals surface area contributed by atoms with Crippen LogP contribution in [0.2, 0.25) is 0 Å². The van der Waals surface area contributed by atoms with E-state index in [1.54, 1.807) is 0 Å². The van der Waals surface area contributed by atoms with Crippen molar-refractivity contribution in [2.75, 3.05) is 13.1 Å². The smallest absolute Gasteiger partial charge is 0.301 e. The molecule has 2 amide bonds. The Morgan fingerprint density at radius 3 is 3.19 bits per heavy atom. The molecule has 114 valence electrons. The molecule has 1 aromatic heterocycles. The van der Waals surface area contributed by atoms with Crippen molar-refractivity contribution >= 4 is 11.8 Å². The maximum Gasteiger partial charge on any atom is 0.301 e. The van der Waals surface area contributed by atoms with Crippen molar-refractivity contribution in [1.29, 1.82) is 0 Å². The lowest BCUT2D eigenvalue weighted by Crippen LogP contribution is -2.44. The van der Waals surface area contributed by atoms with Crippen LogP contribution in [0.4, 0.5) is 0 Å². The highest BCUT2D eigenvalue weighted by Crippen LogP contribution is 2.29. The van der Waals surface area contributed by atoms with Gasteiger partial charge in [0.2, 0.25) is 5.91 Å². The monoisotopic (exact) mass is 292 g/mol. The molecule has 2 unspecified atom stereocenters. The number of carbonyl (C=O) groups excluding carboxylic acids is 2. The molecule has 3 rings (SSSR count). The zero-order valence-electron chi connectivity index (χ0n) is 12.0. The number of hydrazine groups is 1. The number of carbonyl (C=O) groups is 2. The highest BCUT2D eigenvalue weighted by atomic mass is 16.4. The van der Waals surface area contributed by atoms with Crippen LogP contribution in [-0.2, 0) is 11.3 Å². The second-order valence-corrected chi connectivity index (χ2v) is 5.73. The number of furan rings is 1. The normalized spacial score (nSPS) is 25.5. The molecule has 2 aliphatic rings. The Kier molecular flexibility index (Phi) is 3.69. The van der Waals surface area contributed by atoms with E-state index >= 15 is 0 Å². The van der Waals surface area contributed by atoms with Crippen LogP contribution in [0.5, 0.6) is 0 Å². The first-order valence-corrected chi connectivity index (χ1v) is 7.22. The van der Waals surface area contributed by atoms with E-state index in [1.165, 1.54) is 0 Å². The third-order valence-electron chi connectivity index (χ3n) is 4.38. The van der Waals surface area contributed by atoms with E-state index in [-0.39, 0.29) is 23.6 Å². The standard InChI is InChI=1S/C14H20N4O3/c1-8-5-9(21-12(8)14(20)17-15)7-18-4-2-3-10-11(18)6-16-13(10)19/h5,10-11H,2-4,6-7,15H2,1H3,(H,16,19)(H,17,20). The Morgan fingerprint density at radius 2 is 2.43 bits per heavy atom. The van der Waals surface area contributed by atoms with Crippen molar-refractivity contribution in [1.82, 2.24) is 15.6 Å². The van der Waals surface area contributed by atoms with Crippen molar-refractivity contribution in [3.05, 3.63) is 23.2 Å². The molecule has 2 fully saturated rings. The summed E-state index contributed by atoms with van der Waals surface area (Å²) in [7, 11) is 0. The summed E-state index contributed by atoms with van der Waals surface area (Å²) >= 11 is 0. The van der Waals surface area contributed by atoms with Crippen LogP contribution in [0.1, 0.15) is 34.7 Å². The number of aryl methyl sites for hydroxylation is 1. The van der Waals surface area contributed by atoms with E-state index in [0.717, 1.165) is 30.7 Å². The number of hydrogen-bond acceptors (Lipinski definition) is 5. The number of piperidine rings is 1. The molecule has 2 saturated heterocycles.